The van der Waals surface area contributed by atoms with Gasteiger partial charge in [0.05, 0.1) is 0 Å². The zero-order chi connectivity index (χ0) is 19.2. The number of hydrogen-bond donors (Lipinski definition) is 3. The topological polar surface area (TPSA) is 66.3 Å². The Balaban J connectivity index is 1.60. The van der Waals surface area contributed by atoms with Crippen LogP contribution in [0.3, 0.4) is 0 Å². The lowest BCUT2D eigenvalue weighted by Gasteiger charge is -2.10. The predicted octanol–water partition coefficient (Wildman–Crippen LogP) is 4.68. The first-order valence-corrected chi connectivity index (χ1v) is 9.16. The molecule has 0 aliphatic heterocycles. The van der Waals surface area contributed by atoms with Gasteiger partial charge in [-0.3, -0.25) is 15.6 Å². The molecule has 0 radical (unpaired) electrons. The van der Waals surface area contributed by atoms with Crippen molar-refractivity contribution in [2.45, 2.75) is 13.3 Å². The molecule has 3 aromatic rings. The van der Waals surface area contributed by atoms with Gasteiger partial charge in [-0.1, -0.05) is 42.8 Å². The minimum absolute atomic E-state index is 0.252. The van der Waals surface area contributed by atoms with E-state index >= 15 is 0 Å². The van der Waals surface area contributed by atoms with E-state index in [9.17, 15) is 4.79 Å². The number of halogens is 1. The monoisotopic (exact) mass is 399 g/mol. The molecule has 3 N–H and O–H groups in total. The number of anilines is 1. The number of para-hydroxylation sites is 1. The van der Waals surface area contributed by atoms with Gasteiger partial charge >= 0.3 is 0 Å². The summed E-state index contributed by atoms with van der Waals surface area (Å²) in [6.45, 7) is 2.01. The van der Waals surface area contributed by atoms with Crippen LogP contribution in [0, 0.1) is 0 Å². The number of fused-ring (bicyclic) bond motifs is 1. The quantitative estimate of drug-likeness (QED) is 0.337. The molecule has 0 aliphatic rings. The van der Waals surface area contributed by atoms with Gasteiger partial charge in [0.2, 0.25) is 0 Å². The molecule has 0 spiro atoms. The van der Waals surface area contributed by atoms with Gasteiger partial charge in [-0.05, 0) is 42.6 Å². The fourth-order valence-corrected chi connectivity index (χ4v) is 2.97. The van der Waals surface area contributed by atoms with E-state index in [1.165, 1.54) is 6.08 Å². The average molecular weight is 400 g/mol. The molecule has 1 aromatic heterocycles. The highest BCUT2D eigenvalue weighted by atomic mass is 35.5. The Morgan fingerprint density at radius 2 is 2.00 bits per heavy atom. The lowest BCUT2D eigenvalue weighted by Crippen LogP contribution is -2.43. The van der Waals surface area contributed by atoms with Crippen molar-refractivity contribution >= 4 is 57.6 Å². The molecule has 3 rings (SSSR count). The summed E-state index contributed by atoms with van der Waals surface area (Å²) in [5.74, 6) is 0.504. The van der Waals surface area contributed by atoms with Crippen LogP contribution in [-0.4, -0.2) is 11.0 Å². The molecule has 7 heteroatoms. The molecule has 0 atom stereocenters. The fraction of sp³-hybridized carbons (Fsp3) is 0.100. The molecule has 0 fully saturated rings. The van der Waals surface area contributed by atoms with E-state index in [1.807, 2.05) is 37.3 Å². The lowest BCUT2D eigenvalue weighted by atomic mass is 10.1. The van der Waals surface area contributed by atoms with Gasteiger partial charge in [0.25, 0.3) is 5.91 Å². The molecule has 0 saturated heterocycles. The minimum Gasteiger partial charge on any atom is -0.460 e. The fourth-order valence-electron chi connectivity index (χ4n) is 2.61. The molecule has 0 aliphatic carbocycles. The maximum atomic E-state index is 12.1. The van der Waals surface area contributed by atoms with Gasteiger partial charge in [0.15, 0.2) is 5.11 Å². The first-order chi connectivity index (χ1) is 13.1. The molecular weight excluding hydrogens is 382 g/mol. The Labute approximate surface area is 167 Å². The van der Waals surface area contributed by atoms with Crippen LogP contribution >= 0.6 is 23.8 Å². The maximum Gasteiger partial charge on any atom is 0.262 e. The highest BCUT2D eigenvalue weighted by Gasteiger charge is 2.10. The van der Waals surface area contributed by atoms with Crippen molar-refractivity contribution in [3.8, 4) is 0 Å². The second kappa shape index (κ2) is 8.70. The number of hydrogen-bond acceptors (Lipinski definition) is 3. The third-order valence-electron chi connectivity index (χ3n) is 3.82. The van der Waals surface area contributed by atoms with Gasteiger partial charge in [-0.25, -0.2) is 0 Å². The van der Waals surface area contributed by atoms with Crippen LogP contribution in [0.5, 0.6) is 0 Å². The number of nitrogens with one attached hydrogen (secondary N) is 3. The van der Waals surface area contributed by atoms with E-state index in [1.54, 1.807) is 24.3 Å². The summed E-state index contributed by atoms with van der Waals surface area (Å²) < 4.78 is 5.81. The van der Waals surface area contributed by atoms with Crippen LogP contribution in [0.4, 0.5) is 5.69 Å². The molecule has 1 heterocycles. The molecule has 5 nitrogen and oxygen atoms in total. The van der Waals surface area contributed by atoms with Crippen LogP contribution in [0.15, 0.2) is 59.0 Å². The van der Waals surface area contributed by atoms with Gasteiger partial charge in [0, 0.05) is 34.2 Å². The summed E-state index contributed by atoms with van der Waals surface area (Å²) in [6.07, 6.45) is 3.92. The summed E-state index contributed by atoms with van der Waals surface area (Å²) in [7, 11) is 0. The van der Waals surface area contributed by atoms with E-state index in [-0.39, 0.29) is 11.0 Å². The SMILES string of the molecule is CCc1oc2ccccc2c1/C=C/C(=O)NNC(=S)Nc1cccc(Cl)c1. The number of benzene rings is 2. The number of carbonyl (C=O) groups is 1. The van der Waals surface area contributed by atoms with Crippen LogP contribution in [-0.2, 0) is 11.2 Å². The third-order valence-corrected chi connectivity index (χ3v) is 4.25. The van der Waals surface area contributed by atoms with Crippen LogP contribution < -0.4 is 16.2 Å². The maximum absolute atomic E-state index is 12.1. The first-order valence-electron chi connectivity index (χ1n) is 8.38. The van der Waals surface area contributed by atoms with E-state index < -0.39 is 0 Å². The minimum atomic E-state index is -0.336. The highest BCUT2D eigenvalue weighted by Crippen LogP contribution is 2.27. The Morgan fingerprint density at radius 1 is 1.19 bits per heavy atom. The van der Waals surface area contributed by atoms with Crippen molar-refractivity contribution in [1.82, 2.24) is 10.9 Å². The number of aryl methyl sites for hydroxylation is 1. The normalized spacial score (nSPS) is 10.9. The smallest absolute Gasteiger partial charge is 0.262 e. The molecule has 0 saturated carbocycles. The number of hydrazine groups is 1. The largest absolute Gasteiger partial charge is 0.460 e. The summed E-state index contributed by atoms with van der Waals surface area (Å²) in [5.41, 5.74) is 7.61. The van der Waals surface area contributed by atoms with Crippen molar-refractivity contribution < 1.29 is 9.21 Å². The van der Waals surface area contributed by atoms with Gasteiger partial charge in [-0.15, -0.1) is 0 Å². The molecule has 2 aromatic carbocycles. The third kappa shape index (κ3) is 4.87. The summed E-state index contributed by atoms with van der Waals surface area (Å²) in [4.78, 5) is 12.1. The van der Waals surface area contributed by atoms with Crippen molar-refractivity contribution in [1.29, 1.82) is 0 Å². The number of amides is 1. The average Bonchev–Trinajstić information content (AvgIpc) is 3.02. The van der Waals surface area contributed by atoms with Gasteiger partial charge < -0.3 is 9.73 Å². The van der Waals surface area contributed by atoms with Crippen LogP contribution in [0.1, 0.15) is 18.2 Å². The second-order valence-corrected chi connectivity index (χ2v) is 6.55. The van der Waals surface area contributed by atoms with E-state index in [0.29, 0.717) is 5.02 Å². The Hall–Kier alpha value is -2.83. The summed E-state index contributed by atoms with van der Waals surface area (Å²) >= 11 is 11.1. The van der Waals surface area contributed by atoms with Gasteiger partial charge in [0.1, 0.15) is 11.3 Å². The van der Waals surface area contributed by atoms with Crippen molar-refractivity contribution in [2.24, 2.45) is 0 Å². The second-order valence-electron chi connectivity index (χ2n) is 5.70. The number of rotatable bonds is 4. The highest BCUT2D eigenvalue weighted by molar-refractivity contribution is 7.80. The lowest BCUT2D eigenvalue weighted by molar-refractivity contribution is -0.116. The van der Waals surface area contributed by atoms with Crippen molar-refractivity contribution in [3.05, 3.63) is 71.0 Å². The van der Waals surface area contributed by atoms with Crippen molar-refractivity contribution in [2.75, 3.05) is 5.32 Å². The van der Waals surface area contributed by atoms with Crippen LogP contribution in [0.25, 0.3) is 17.0 Å². The molecule has 138 valence electrons. The molecule has 27 heavy (non-hydrogen) atoms. The molecule has 0 unspecified atom stereocenters. The predicted molar refractivity (Wildman–Crippen MR) is 114 cm³/mol. The van der Waals surface area contributed by atoms with E-state index in [2.05, 4.69) is 16.2 Å². The first kappa shape index (κ1) is 18.9. The van der Waals surface area contributed by atoms with E-state index in [4.69, 9.17) is 28.2 Å². The molecular formula is C20H18ClN3O2S. The Kier molecular flexibility index (Phi) is 6.11. The van der Waals surface area contributed by atoms with Crippen molar-refractivity contribution in [3.63, 3.8) is 0 Å². The van der Waals surface area contributed by atoms with E-state index in [0.717, 1.165) is 34.4 Å². The zero-order valence-corrected chi connectivity index (χ0v) is 16.2. The Bertz CT molecular complexity index is 1010. The number of carbonyl (C=O) groups excluding carboxylic acids is 1. The number of furan rings is 1. The number of thiocarbonyl (C=S) groups is 1. The summed E-state index contributed by atoms with van der Waals surface area (Å²) in [6, 6.07) is 14.9. The van der Waals surface area contributed by atoms with Crippen LogP contribution in [0.2, 0.25) is 5.02 Å². The molecule has 1 amide bonds. The van der Waals surface area contributed by atoms with Gasteiger partial charge in [-0.2, -0.15) is 0 Å². The standard InChI is InChI=1S/C20H18ClN3O2S/c1-2-17-16(15-8-3-4-9-18(15)26-17)10-11-19(25)23-24-20(27)22-14-7-5-6-13(21)12-14/h3-12H,2H2,1H3,(H,23,25)(H2,22,24,27)/b11-10+. The summed E-state index contributed by atoms with van der Waals surface area (Å²) in [5, 5.41) is 4.75. The zero-order valence-electron chi connectivity index (χ0n) is 14.6. The molecule has 0 bridgehead atoms. The Morgan fingerprint density at radius 3 is 2.78 bits per heavy atom.